The van der Waals surface area contributed by atoms with Crippen LogP contribution in [0.15, 0.2) is 30.5 Å². The van der Waals surface area contributed by atoms with E-state index in [9.17, 15) is 4.79 Å². The molecule has 0 aliphatic carbocycles. The van der Waals surface area contributed by atoms with Crippen LogP contribution in [-0.2, 0) is 14.3 Å². The molecule has 3 aliphatic rings. The van der Waals surface area contributed by atoms with Gasteiger partial charge in [0.1, 0.15) is 5.75 Å². The molecule has 1 unspecified atom stereocenters. The highest BCUT2D eigenvalue weighted by Crippen LogP contribution is 2.34. The zero-order valence-corrected chi connectivity index (χ0v) is 20.1. The van der Waals surface area contributed by atoms with Gasteiger partial charge < -0.3 is 24.0 Å². The van der Waals surface area contributed by atoms with Crippen LogP contribution in [0.2, 0.25) is 0 Å². The molecule has 1 aromatic carbocycles. The van der Waals surface area contributed by atoms with Crippen molar-refractivity contribution >= 4 is 27.3 Å². The number of carbonyl (C=O) groups excluding carboxylic acids is 1. The number of fused-ring (bicyclic) bond motifs is 1. The minimum absolute atomic E-state index is 0.000652. The summed E-state index contributed by atoms with van der Waals surface area (Å²) in [4.78, 5) is 23.1. The quantitative estimate of drug-likeness (QED) is 0.564. The Morgan fingerprint density at radius 3 is 2.62 bits per heavy atom. The lowest BCUT2D eigenvalue weighted by Crippen LogP contribution is -2.51. The monoisotopic (exact) mass is 483 g/mol. The normalized spacial score (nSPS) is 22.6. The minimum atomic E-state index is -0.449. The van der Waals surface area contributed by atoms with E-state index in [4.69, 9.17) is 24.3 Å². The highest BCUT2D eigenvalue weighted by molar-refractivity contribution is 7.20. The molecule has 5 heterocycles. The van der Waals surface area contributed by atoms with Crippen molar-refractivity contribution in [3.63, 3.8) is 0 Å². The number of amides is 1. The van der Waals surface area contributed by atoms with Crippen molar-refractivity contribution in [3.05, 3.63) is 30.5 Å². The lowest BCUT2D eigenvalue weighted by Gasteiger charge is -2.40. The summed E-state index contributed by atoms with van der Waals surface area (Å²) in [5.74, 6) is 0.624. The number of piperidine rings is 2. The van der Waals surface area contributed by atoms with Crippen LogP contribution in [0.5, 0.6) is 5.75 Å². The summed E-state index contributed by atoms with van der Waals surface area (Å²) < 4.78 is 18.7. The van der Waals surface area contributed by atoms with Gasteiger partial charge in [0, 0.05) is 44.6 Å². The number of benzene rings is 1. The summed E-state index contributed by atoms with van der Waals surface area (Å²) in [6.07, 6.45) is 5.39. The van der Waals surface area contributed by atoms with E-state index in [0.717, 1.165) is 59.3 Å². The molecule has 6 rings (SSSR count). The van der Waals surface area contributed by atoms with Crippen LogP contribution >= 0.6 is 11.3 Å². The first-order chi connectivity index (χ1) is 16.6. The number of hydrogen-bond donors (Lipinski definition) is 0. The second-order valence-electron chi connectivity index (χ2n) is 9.18. The number of methoxy groups -OCH3 is 1. The number of anilines is 1. The van der Waals surface area contributed by atoms with Gasteiger partial charge in [-0.15, -0.1) is 5.10 Å². The Bertz CT molecular complexity index is 1130. The maximum absolute atomic E-state index is 13.3. The molecule has 3 aromatic rings. The van der Waals surface area contributed by atoms with Gasteiger partial charge >= 0.3 is 0 Å². The van der Waals surface area contributed by atoms with Gasteiger partial charge in [-0.3, -0.25) is 4.79 Å². The summed E-state index contributed by atoms with van der Waals surface area (Å²) in [6.45, 7) is 4.34. The van der Waals surface area contributed by atoms with Gasteiger partial charge in [-0.05, 0) is 37.1 Å². The van der Waals surface area contributed by atoms with Gasteiger partial charge in [0.15, 0.2) is 5.79 Å². The van der Waals surface area contributed by atoms with Gasteiger partial charge in [-0.2, -0.15) is 0 Å². The molecule has 1 spiro atoms. The molecule has 34 heavy (non-hydrogen) atoms. The molecular formula is C24H29N5O4S. The summed E-state index contributed by atoms with van der Waals surface area (Å²) in [6, 6.07) is 7.87. The van der Waals surface area contributed by atoms with E-state index in [0.29, 0.717) is 32.8 Å². The Balaban J connectivity index is 1.12. The Morgan fingerprint density at radius 1 is 1.15 bits per heavy atom. The number of carbonyl (C=O) groups is 1. The average molecular weight is 484 g/mol. The van der Waals surface area contributed by atoms with Crippen LogP contribution in [0, 0.1) is 5.92 Å². The number of likely N-dealkylation sites (tertiary alicyclic amines) is 1. The average Bonchev–Trinajstić information content (AvgIpc) is 3.60. The predicted octanol–water partition coefficient (Wildman–Crippen LogP) is 3.05. The van der Waals surface area contributed by atoms with E-state index in [1.807, 2.05) is 39.9 Å². The third-order valence-corrected chi connectivity index (χ3v) is 8.09. The van der Waals surface area contributed by atoms with Crippen molar-refractivity contribution in [1.82, 2.24) is 19.5 Å². The highest BCUT2D eigenvalue weighted by Gasteiger charge is 2.42. The SMILES string of the molecule is COc1ccc(-c2cn3nc(N4CCCC(C(=O)N5CCC6(CC5)OCCO6)C4)sc3n2)cc1. The summed E-state index contributed by atoms with van der Waals surface area (Å²) in [5, 5.41) is 5.71. The van der Waals surface area contributed by atoms with Crippen molar-refractivity contribution in [2.24, 2.45) is 5.92 Å². The van der Waals surface area contributed by atoms with Gasteiger partial charge in [-0.1, -0.05) is 11.3 Å². The first kappa shape index (κ1) is 21.8. The molecule has 0 bridgehead atoms. The molecule has 3 fully saturated rings. The van der Waals surface area contributed by atoms with Crippen molar-refractivity contribution in [3.8, 4) is 17.0 Å². The number of aromatic nitrogens is 3. The fourth-order valence-electron chi connectivity index (χ4n) is 5.18. The maximum Gasteiger partial charge on any atom is 0.227 e. The van der Waals surface area contributed by atoms with Crippen LogP contribution in [0.1, 0.15) is 25.7 Å². The second-order valence-corrected chi connectivity index (χ2v) is 10.1. The minimum Gasteiger partial charge on any atom is -0.497 e. The Labute approximate surface area is 202 Å². The molecule has 0 saturated carbocycles. The van der Waals surface area contributed by atoms with E-state index < -0.39 is 5.79 Å². The van der Waals surface area contributed by atoms with Crippen LogP contribution in [0.25, 0.3) is 16.2 Å². The fourth-order valence-corrected chi connectivity index (χ4v) is 6.10. The highest BCUT2D eigenvalue weighted by atomic mass is 32.1. The molecular weight excluding hydrogens is 454 g/mol. The topological polar surface area (TPSA) is 81.4 Å². The lowest BCUT2D eigenvalue weighted by molar-refractivity contribution is -0.188. The molecule has 0 N–H and O–H groups in total. The molecule has 2 aromatic heterocycles. The molecule has 3 aliphatic heterocycles. The fraction of sp³-hybridized carbons (Fsp3) is 0.542. The van der Waals surface area contributed by atoms with Crippen LogP contribution in [0.3, 0.4) is 0 Å². The predicted molar refractivity (Wildman–Crippen MR) is 128 cm³/mol. The molecule has 180 valence electrons. The van der Waals surface area contributed by atoms with Crippen molar-refractivity contribution < 1.29 is 19.0 Å². The number of ether oxygens (including phenoxy) is 3. The number of hydrogen-bond acceptors (Lipinski definition) is 8. The molecule has 9 nitrogen and oxygen atoms in total. The number of nitrogens with zero attached hydrogens (tertiary/aromatic N) is 5. The van der Waals surface area contributed by atoms with E-state index in [1.54, 1.807) is 18.4 Å². The number of rotatable bonds is 4. The van der Waals surface area contributed by atoms with E-state index in [1.165, 1.54) is 0 Å². The summed E-state index contributed by atoms with van der Waals surface area (Å²) in [7, 11) is 1.66. The van der Waals surface area contributed by atoms with Crippen molar-refractivity contribution in [2.45, 2.75) is 31.5 Å². The third-order valence-electron chi connectivity index (χ3n) is 7.11. The molecule has 0 radical (unpaired) electrons. The van der Waals surface area contributed by atoms with Crippen molar-refractivity contribution in [2.75, 3.05) is 51.4 Å². The first-order valence-corrected chi connectivity index (χ1v) is 12.8. The smallest absolute Gasteiger partial charge is 0.227 e. The van der Waals surface area contributed by atoms with E-state index >= 15 is 0 Å². The van der Waals surface area contributed by atoms with E-state index in [-0.39, 0.29) is 11.8 Å². The molecule has 1 atom stereocenters. The lowest BCUT2D eigenvalue weighted by atomic mass is 9.95. The second kappa shape index (κ2) is 8.83. The zero-order valence-electron chi connectivity index (χ0n) is 19.3. The van der Waals surface area contributed by atoms with Gasteiger partial charge in [0.2, 0.25) is 16.0 Å². The largest absolute Gasteiger partial charge is 0.497 e. The third kappa shape index (κ3) is 4.03. The standard InChI is InChI=1S/C24H29N5O4S/c1-31-19-6-4-17(5-7-19)20-16-29-22(25-20)34-23(26-29)28-10-2-3-18(15-28)21(30)27-11-8-24(9-12-27)32-13-14-33-24/h4-7,16,18H,2-3,8-15H2,1H3. The van der Waals surface area contributed by atoms with Gasteiger partial charge in [-0.25, -0.2) is 9.50 Å². The number of imidazole rings is 1. The van der Waals surface area contributed by atoms with Crippen molar-refractivity contribution in [1.29, 1.82) is 0 Å². The Morgan fingerprint density at radius 2 is 1.91 bits per heavy atom. The molecule has 3 saturated heterocycles. The van der Waals surface area contributed by atoms with Crippen LogP contribution in [-0.4, -0.2) is 77.7 Å². The summed E-state index contributed by atoms with van der Waals surface area (Å²) in [5.41, 5.74) is 1.91. The Hall–Kier alpha value is -2.69. The maximum atomic E-state index is 13.3. The Kier molecular flexibility index (Phi) is 5.66. The molecule has 1 amide bonds. The first-order valence-electron chi connectivity index (χ1n) is 11.9. The van der Waals surface area contributed by atoms with Crippen LogP contribution < -0.4 is 9.64 Å². The summed E-state index contributed by atoms with van der Waals surface area (Å²) >= 11 is 1.57. The zero-order chi connectivity index (χ0) is 23.1. The van der Waals surface area contributed by atoms with E-state index in [2.05, 4.69) is 4.90 Å². The van der Waals surface area contributed by atoms with Gasteiger partial charge in [0.25, 0.3) is 0 Å². The van der Waals surface area contributed by atoms with Crippen LogP contribution in [0.4, 0.5) is 5.13 Å². The van der Waals surface area contributed by atoms with Gasteiger partial charge in [0.05, 0.1) is 38.1 Å². The molecule has 10 heteroatoms.